The molecule has 2 heterocycles. The lowest BCUT2D eigenvalue weighted by atomic mass is 10.1. The number of nitrogens with one attached hydrogen (secondary N) is 2. The van der Waals surface area contributed by atoms with Gasteiger partial charge in [0.15, 0.2) is 0 Å². The SMILES string of the molecule is Cc1cc(N)cc2oc(=O)c(CC(=O)NCCCCCCNC(=O)CCSSc3ccccn3)cc12. The van der Waals surface area contributed by atoms with Gasteiger partial charge in [0.2, 0.25) is 11.8 Å². The number of aryl methyl sites for hydroxylation is 1. The Labute approximate surface area is 218 Å². The minimum absolute atomic E-state index is 0.0211. The van der Waals surface area contributed by atoms with E-state index in [2.05, 4.69) is 15.6 Å². The maximum absolute atomic E-state index is 12.3. The number of nitrogens with two attached hydrogens (primary N) is 1. The summed E-state index contributed by atoms with van der Waals surface area (Å²) in [6.45, 7) is 3.09. The van der Waals surface area contributed by atoms with Gasteiger partial charge in [0.25, 0.3) is 0 Å². The number of aromatic nitrogens is 1. The molecule has 0 spiro atoms. The molecule has 0 aliphatic rings. The Morgan fingerprint density at radius 1 is 1.03 bits per heavy atom. The van der Waals surface area contributed by atoms with Crippen molar-refractivity contribution in [2.45, 2.75) is 50.5 Å². The smallest absolute Gasteiger partial charge is 0.339 e. The summed E-state index contributed by atoms with van der Waals surface area (Å²) in [5.41, 5.74) is 7.47. The average Bonchev–Trinajstić information content (AvgIpc) is 2.85. The standard InChI is InChI=1S/C26H32N4O4S2/c1-18-14-20(27)17-22-21(18)15-19(26(33)34-22)16-24(32)29-11-6-3-2-5-10-28-23(31)9-13-35-36-25-8-4-7-12-30-25/h4,7-8,12,14-15,17H,2-3,5-6,9-11,13,16,27H2,1H3,(H,28,31)(H,29,32). The van der Waals surface area contributed by atoms with Gasteiger partial charge in [-0.25, -0.2) is 9.78 Å². The fraction of sp³-hybridized carbons (Fsp3) is 0.385. The lowest BCUT2D eigenvalue weighted by Gasteiger charge is -2.08. The molecule has 4 N–H and O–H groups in total. The van der Waals surface area contributed by atoms with Crippen molar-refractivity contribution in [1.82, 2.24) is 15.6 Å². The van der Waals surface area contributed by atoms with Gasteiger partial charge in [-0.2, -0.15) is 0 Å². The molecule has 0 atom stereocenters. The Bertz CT molecular complexity index is 1220. The molecule has 0 unspecified atom stereocenters. The highest BCUT2D eigenvalue weighted by atomic mass is 33.1. The summed E-state index contributed by atoms with van der Waals surface area (Å²) in [6, 6.07) is 10.9. The summed E-state index contributed by atoms with van der Waals surface area (Å²) in [5.74, 6) is 0.594. The molecule has 0 radical (unpaired) electrons. The van der Waals surface area contributed by atoms with Crippen LogP contribution < -0.4 is 22.0 Å². The predicted octanol–water partition coefficient (Wildman–Crippen LogP) is 4.24. The molecule has 0 bridgehead atoms. The van der Waals surface area contributed by atoms with Crippen LogP contribution in [-0.2, 0) is 16.0 Å². The fourth-order valence-electron chi connectivity index (χ4n) is 3.60. The third-order valence-electron chi connectivity index (χ3n) is 5.45. The molecule has 2 amide bonds. The van der Waals surface area contributed by atoms with Crippen molar-refractivity contribution in [2.75, 3.05) is 24.6 Å². The van der Waals surface area contributed by atoms with E-state index in [-0.39, 0.29) is 18.2 Å². The molecule has 1 aromatic carbocycles. The number of amides is 2. The fourth-order valence-corrected chi connectivity index (χ4v) is 5.47. The first-order chi connectivity index (χ1) is 17.4. The highest BCUT2D eigenvalue weighted by molar-refractivity contribution is 8.76. The van der Waals surface area contributed by atoms with Gasteiger partial charge < -0.3 is 20.8 Å². The second-order valence-corrected chi connectivity index (χ2v) is 10.9. The van der Waals surface area contributed by atoms with Crippen LogP contribution in [0.1, 0.15) is 43.2 Å². The zero-order valence-electron chi connectivity index (χ0n) is 20.4. The molecule has 3 rings (SSSR count). The highest BCUT2D eigenvalue weighted by Gasteiger charge is 2.12. The molecular weight excluding hydrogens is 496 g/mol. The summed E-state index contributed by atoms with van der Waals surface area (Å²) >= 11 is 0. The number of nitrogen functional groups attached to an aromatic ring is 1. The number of hydrogen-bond donors (Lipinski definition) is 3. The minimum Gasteiger partial charge on any atom is -0.422 e. The summed E-state index contributed by atoms with van der Waals surface area (Å²) in [4.78, 5) is 40.6. The first-order valence-electron chi connectivity index (χ1n) is 12.0. The average molecular weight is 529 g/mol. The van der Waals surface area contributed by atoms with Gasteiger partial charge in [0.05, 0.1) is 6.42 Å². The topological polar surface area (TPSA) is 127 Å². The number of carbonyl (C=O) groups is 2. The first kappa shape index (κ1) is 27.6. The van der Waals surface area contributed by atoms with Crippen LogP contribution in [0.3, 0.4) is 0 Å². The van der Waals surface area contributed by atoms with Gasteiger partial charge in [-0.15, -0.1) is 0 Å². The lowest BCUT2D eigenvalue weighted by molar-refractivity contribution is -0.121. The second-order valence-electron chi connectivity index (χ2n) is 8.42. The zero-order valence-corrected chi connectivity index (χ0v) is 22.0. The van der Waals surface area contributed by atoms with E-state index in [1.165, 1.54) is 0 Å². The molecule has 2 aromatic heterocycles. The minimum atomic E-state index is -0.518. The number of benzene rings is 1. The number of fused-ring (bicyclic) bond motifs is 1. The molecule has 0 aliphatic heterocycles. The van der Waals surface area contributed by atoms with E-state index < -0.39 is 5.63 Å². The van der Waals surface area contributed by atoms with Gasteiger partial charge in [-0.1, -0.05) is 29.7 Å². The molecule has 0 fully saturated rings. The van der Waals surface area contributed by atoms with Crippen LogP contribution in [0.25, 0.3) is 11.0 Å². The number of nitrogens with zero attached hydrogens (tertiary/aromatic N) is 1. The zero-order chi connectivity index (χ0) is 25.8. The van der Waals surface area contributed by atoms with Crippen LogP contribution in [0.2, 0.25) is 0 Å². The second kappa shape index (κ2) is 14.5. The van der Waals surface area contributed by atoms with Crippen molar-refractivity contribution in [2.24, 2.45) is 0 Å². The van der Waals surface area contributed by atoms with Crippen LogP contribution in [0, 0.1) is 6.92 Å². The van der Waals surface area contributed by atoms with Crippen LogP contribution in [-0.4, -0.2) is 35.6 Å². The van der Waals surface area contributed by atoms with E-state index in [0.717, 1.165) is 47.4 Å². The van der Waals surface area contributed by atoms with Crippen molar-refractivity contribution in [3.8, 4) is 0 Å². The molecule has 8 nitrogen and oxygen atoms in total. The molecule has 0 saturated carbocycles. The van der Waals surface area contributed by atoms with E-state index in [4.69, 9.17) is 10.2 Å². The van der Waals surface area contributed by atoms with Gasteiger partial charge in [-0.3, -0.25) is 9.59 Å². The van der Waals surface area contributed by atoms with Crippen molar-refractivity contribution in [3.05, 3.63) is 64.1 Å². The normalized spacial score (nSPS) is 10.9. The van der Waals surface area contributed by atoms with E-state index in [1.807, 2.05) is 25.1 Å². The molecule has 36 heavy (non-hydrogen) atoms. The molecule has 0 aliphatic carbocycles. The van der Waals surface area contributed by atoms with Crippen LogP contribution >= 0.6 is 21.6 Å². The van der Waals surface area contributed by atoms with E-state index in [1.54, 1.807) is 46.0 Å². The predicted molar refractivity (Wildman–Crippen MR) is 147 cm³/mol. The Kier molecular flexibility index (Phi) is 11.2. The molecule has 192 valence electrons. The number of unbranched alkanes of at least 4 members (excludes halogenated alkanes) is 3. The molecule has 0 saturated heterocycles. The first-order valence-corrected chi connectivity index (χ1v) is 14.3. The Hall–Kier alpha value is -2.98. The van der Waals surface area contributed by atoms with Crippen molar-refractivity contribution >= 4 is 50.1 Å². The number of rotatable bonds is 14. The molecular formula is C26H32N4O4S2. The number of pyridine rings is 1. The van der Waals surface area contributed by atoms with E-state index in [0.29, 0.717) is 36.3 Å². The third kappa shape index (κ3) is 9.23. The highest BCUT2D eigenvalue weighted by Crippen LogP contribution is 2.29. The van der Waals surface area contributed by atoms with Gasteiger partial charge in [0, 0.05) is 54.2 Å². The Morgan fingerprint density at radius 3 is 2.50 bits per heavy atom. The van der Waals surface area contributed by atoms with Crippen LogP contribution in [0.4, 0.5) is 5.69 Å². The number of carbonyl (C=O) groups excluding carboxylic acids is 2. The Morgan fingerprint density at radius 2 is 1.78 bits per heavy atom. The monoisotopic (exact) mass is 528 g/mol. The summed E-state index contributed by atoms with van der Waals surface area (Å²) < 4.78 is 5.35. The van der Waals surface area contributed by atoms with Gasteiger partial charge in [-0.05, 0) is 60.4 Å². The summed E-state index contributed by atoms with van der Waals surface area (Å²) in [6.07, 6.45) is 5.88. The maximum Gasteiger partial charge on any atom is 0.339 e. The van der Waals surface area contributed by atoms with Crippen molar-refractivity contribution < 1.29 is 14.0 Å². The lowest BCUT2D eigenvalue weighted by Crippen LogP contribution is -2.28. The Balaban J connectivity index is 1.22. The summed E-state index contributed by atoms with van der Waals surface area (Å²) in [7, 11) is 3.20. The maximum atomic E-state index is 12.3. The molecule has 10 heteroatoms. The van der Waals surface area contributed by atoms with Gasteiger partial charge >= 0.3 is 5.63 Å². The van der Waals surface area contributed by atoms with Crippen molar-refractivity contribution in [3.63, 3.8) is 0 Å². The van der Waals surface area contributed by atoms with Crippen LogP contribution in [0.15, 0.2) is 56.8 Å². The quantitative estimate of drug-likeness (QED) is 0.123. The summed E-state index contributed by atoms with van der Waals surface area (Å²) in [5, 5.41) is 7.53. The number of anilines is 1. The third-order valence-corrected chi connectivity index (χ3v) is 7.71. The van der Waals surface area contributed by atoms with Crippen molar-refractivity contribution in [1.29, 1.82) is 0 Å². The van der Waals surface area contributed by atoms with Gasteiger partial charge in [0.1, 0.15) is 10.6 Å². The van der Waals surface area contributed by atoms with Crippen LogP contribution in [0.5, 0.6) is 0 Å². The van der Waals surface area contributed by atoms with E-state index >= 15 is 0 Å². The number of hydrogen-bond acceptors (Lipinski definition) is 8. The largest absolute Gasteiger partial charge is 0.422 e. The van der Waals surface area contributed by atoms with E-state index in [9.17, 15) is 14.4 Å². The molecule has 3 aromatic rings.